The van der Waals surface area contributed by atoms with Gasteiger partial charge in [-0.25, -0.2) is 0 Å². The molecule has 3 aliphatic heterocycles. The minimum absolute atomic E-state index is 0.0685. The molecule has 0 aliphatic carbocycles. The summed E-state index contributed by atoms with van der Waals surface area (Å²) in [6, 6.07) is 5.92. The van der Waals surface area contributed by atoms with E-state index in [1.807, 2.05) is 32.0 Å². The van der Waals surface area contributed by atoms with E-state index >= 15 is 0 Å². The van der Waals surface area contributed by atoms with Crippen LogP contribution in [0.4, 0.5) is 0 Å². The van der Waals surface area contributed by atoms with Crippen LogP contribution in [0.15, 0.2) is 24.3 Å². The zero-order chi connectivity index (χ0) is 20.9. The van der Waals surface area contributed by atoms with Crippen molar-refractivity contribution < 1.29 is 19.5 Å². The Bertz CT molecular complexity index is 858. The summed E-state index contributed by atoms with van der Waals surface area (Å²) in [4.78, 5) is 42.4. The van der Waals surface area contributed by atoms with Gasteiger partial charge in [-0.05, 0) is 45.2 Å². The lowest BCUT2D eigenvalue weighted by Crippen LogP contribution is -2.57. The molecule has 1 aromatic carbocycles. The SMILES string of the molecule is C[C@H](NC(=O)[C@H]1N2C(=O)c3ccccc3[C@H]2SC1(C)C)C(=O)N1CCC[C@H]1CO. The van der Waals surface area contributed by atoms with Gasteiger partial charge in [-0.2, -0.15) is 0 Å². The lowest BCUT2D eigenvalue weighted by Gasteiger charge is -2.32. The molecule has 2 saturated heterocycles. The van der Waals surface area contributed by atoms with Gasteiger partial charge >= 0.3 is 0 Å². The number of aliphatic hydroxyl groups is 1. The molecule has 0 spiro atoms. The summed E-state index contributed by atoms with van der Waals surface area (Å²) in [6.07, 6.45) is 1.63. The van der Waals surface area contributed by atoms with E-state index in [1.54, 1.807) is 34.6 Å². The maximum Gasteiger partial charge on any atom is 0.256 e. The van der Waals surface area contributed by atoms with Crippen molar-refractivity contribution in [2.75, 3.05) is 13.2 Å². The minimum Gasteiger partial charge on any atom is -0.394 e. The fourth-order valence-corrected chi connectivity index (χ4v) is 6.31. The summed E-state index contributed by atoms with van der Waals surface area (Å²) in [6.45, 7) is 6.12. The van der Waals surface area contributed by atoms with Crippen molar-refractivity contribution in [3.05, 3.63) is 35.4 Å². The second kappa shape index (κ2) is 7.32. The zero-order valence-electron chi connectivity index (χ0n) is 16.9. The molecule has 156 valence electrons. The topological polar surface area (TPSA) is 90.0 Å². The number of thioether (sulfide) groups is 1. The average molecular weight is 418 g/mol. The maximum atomic E-state index is 13.2. The summed E-state index contributed by atoms with van der Waals surface area (Å²) >= 11 is 1.60. The normalized spacial score (nSPS) is 28.3. The molecule has 0 unspecified atom stereocenters. The number of hydrogen-bond donors (Lipinski definition) is 2. The molecule has 29 heavy (non-hydrogen) atoms. The van der Waals surface area contributed by atoms with E-state index in [9.17, 15) is 19.5 Å². The van der Waals surface area contributed by atoms with Crippen molar-refractivity contribution in [1.82, 2.24) is 15.1 Å². The summed E-state index contributed by atoms with van der Waals surface area (Å²) in [5.41, 5.74) is 1.59. The third-order valence-corrected chi connectivity index (χ3v) is 7.68. The van der Waals surface area contributed by atoms with E-state index in [-0.39, 0.29) is 35.7 Å². The van der Waals surface area contributed by atoms with Gasteiger partial charge in [0.05, 0.1) is 12.6 Å². The number of rotatable bonds is 4. The maximum absolute atomic E-state index is 13.2. The Labute approximate surface area is 174 Å². The summed E-state index contributed by atoms with van der Waals surface area (Å²) in [7, 11) is 0. The van der Waals surface area contributed by atoms with Gasteiger partial charge in [0.25, 0.3) is 5.91 Å². The molecule has 1 aromatic rings. The Balaban J connectivity index is 1.52. The smallest absolute Gasteiger partial charge is 0.256 e. The molecule has 2 N–H and O–H groups in total. The Kier molecular flexibility index (Phi) is 5.11. The Morgan fingerprint density at radius 3 is 2.79 bits per heavy atom. The Morgan fingerprint density at radius 2 is 2.07 bits per heavy atom. The van der Waals surface area contributed by atoms with Crippen LogP contribution in [0.25, 0.3) is 0 Å². The van der Waals surface area contributed by atoms with Gasteiger partial charge in [-0.1, -0.05) is 18.2 Å². The highest BCUT2D eigenvalue weighted by atomic mass is 32.2. The summed E-state index contributed by atoms with van der Waals surface area (Å²) in [5, 5.41) is 12.1. The molecular formula is C21H27N3O4S. The third-order valence-electron chi connectivity index (χ3n) is 6.14. The number of nitrogens with zero attached hydrogens (tertiary/aromatic N) is 2. The fraction of sp³-hybridized carbons (Fsp3) is 0.571. The number of aliphatic hydroxyl groups excluding tert-OH is 1. The van der Waals surface area contributed by atoms with Crippen LogP contribution < -0.4 is 5.32 Å². The second-order valence-electron chi connectivity index (χ2n) is 8.52. The van der Waals surface area contributed by atoms with Crippen LogP contribution in [0.1, 0.15) is 54.9 Å². The zero-order valence-corrected chi connectivity index (χ0v) is 17.7. The summed E-state index contributed by atoms with van der Waals surface area (Å²) in [5.74, 6) is -0.639. The van der Waals surface area contributed by atoms with Gasteiger partial charge in [-0.15, -0.1) is 11.8 Å². The molecule has 4 atom stereocenters. The van der Waals surface area contributed by atoms with Crippen molar-refractivity contribution >= 4 is 29.5 Å². The highest BCUT2D eigenvalue weighted by molar-refractivity contribution is 8.01. The molecule has 0 aromatic heterocycles. The van der Waals surface area contributed by atoms with E-state index in [0.29, 0.717) is 12.1 Å². The largest absolute Gasteiger partial charge is 0.394 e. The number of nitrogens with one attached hydrogen (secondary N) is 1. The van der Waals surface area contributed by atoms with E-state index in [2.05, 4.69) is 5.32 Å². The van der Waals surface area contributed by atoms with E-state index in [0.717, 1.165) is 18.4 Å². The van der Waals surface area contributed by atoms with Crippen molar-refractivity contribution in [2.45, 2.75) is 61.9 Å². The number of carbonyl (C=O) groups excluding carboxylic acids is 3. The first kappa shape index (κ1) is 20.2. The van der Waals surface area contributed by atoms with Crippen molar-refractivity contribution in [3.63, 3.8) is 0 Å². The van der Waals surface area contributed by atoms with E-state index < -0.39 is 16.8 Å². The molecule has 0 saturated carbocycles. The minimum atomic E-state index is -0.713. The van der Waals surface area contributed by atoms with Crippen molar-refractivity contribution in [2.24, 2.45) is 0 Å². The number of amides is 3. The number of benzene rings is 1. The molecule has 3 amide bonds. The third kappa shape index (κ3) is 3.22. The molecule has 7 nitrogen and oxygen atoms in total. The summed E-state index contributed by atoms with van der Waals surface area (Å²) < 4.78 is -0.484. The first-order valence-electron chi connectivity index (χ1n) is 10.1. The molecular weight excluding hydrogens is 390 g/mol. The first-order valence-corrected chi connectivity index (χ1v) is 11.0. The number of fused-ring (bicyclic) bond motifs is 3. The highest BCUT2D eigenvalue weighted by Gasteiger charge is 2.57. The number of hydrogen-bond acceptors (Lipinski definition) is 5. The van der Waals surface area contributed by atoms with Crippen LogP contribution in [0.3, 0.4) is 0 Å². The molecule has 0 bridgehead atoms. The number of likely N-dealkylation sites (tertiary alicyclic amines) is 1. The monoisotopic (exact) mass is 417 g/mol. The molecule has 3 aliphatic rings. The van der Waals surface area contributed by atoms with Crippen molar-refractivity contribution in [3.8, 4) is 0 Å². The van der Waals surface area contributed by atoms with Gasteiger partial charge in [0.1, 0.15) is 17.5 Å². The van der Waals surface area contributed by atoms with E-state index in [1.165, 1.54) is 0 Å². The lowest BCUT2D eigenvalue weighted by molar-refractivity contribution is -0.138. The van der Waals surface area contributed by atoms with Gasteiger partial charge in [0.2, 0.25) is 11.8 Å². The Hall–Kier alpha value is -2.06. The van der Waals surface area contributed by atoms with Crippen LogP contribution in [-0.4, -0.2) is 68.7 Å². The standard InChI is InChI=1S/C21H27N3O4S/c1-12(18(27)23-10-6-7-13(23)11-25)22-17(26)16-21(2,3)29-20-15-9-5-4-8-14(15)19(28)24(16)20/h4-5,8-9,12-13,16,20,25H,6-7,10-11H2,1-3H3,(H,22,26)/t12-,13-,16+,20+/m0/s1. The molecule has 2 fully saturated rings. The average Bonchev–Trinajstić information content (AvgIpc) is 3.34. The van der Waals surface area contributed by atoms with E-state index in [4.69, 9.17) is 0 Å². The molecule has 0 radical (unpaired) electrons. The predicted octanol–water partition coefficient (Wildman–Crippen LogP) is 1.52. The predicted molar refractivity (Wildman–Crippen MR) is 110 cm³/mol. The van der Waals surface area contributed by atoms with Crippen molar-refractivity contribution in [1.29, 1.82) is 0 Å². The molecule has 8 heteroatoms. The second-order valence-corrected chi connectivity index (χ2v) is 10.3. The highest BCUT2D eigenvalue weighted by Crippen LogP contribution is 2.56. The van der Waals surface area contributed by atoms with Crippen LogP contribution in [0.5, 0.6) is 0 Å². The van der Waals surface area contributed by atoms with Gasteiger partial charge in [0, 0.05) is 16.9 Å². The van der Waals surface area contributed by atoms with Crippen LogP contribution in [-0.2, 0) is 9.59 Å². The van der Waals surface area contributed by atoms with Crippen LogP contribution in [0.2, 0.25) is 0 Å². The first-order chi connectivity index (χ1) is 13.8. The lowest BCUT2D eigenvalue weighted by atomic mass is 10.0. The van der Waals surface area contributed by atoms with Crippen LogP contribution >= 0.6 is 11.8 Å². The van der Waals surface area contributed by atoms with Gasteiger partial charge < -0.3 is 20.2 Å². The number of carbonyl (C=O) groups is 3. The fourth-order valence-electron chi connectivity index (χ4n) is 4.72. The van der Waals surface area contributed by atoms with Gasteiger partial charge in [0.15, 0.2) is 0 Å². The van der Waals surface area contributed by atoms with Crippen LogP contribution in [0, 0.1) is 0 Å². The molecule has 4 rings (SSSR count). The molecule has 3 heterocycles. The van der Waals surface area contributed by atoms with Gasteiger partial charge in [-0.3, -0.25) is 14.4 Å². The Morgan fingerprint density at radius 1 is 1.34 bits per heavy atom. The quantitative estimate of drug-likeness (QED) is 0.775.